The Labute approximate surface area is 187 Å². The number of amides is 1. The van der Waals surface area contributed by atoms with E-state index in [0.717, 1.165) is 29.7 Å². The zero-order chi connectivity index (χ0) is 22.5. The lowest BCUT2D eigenvalue weighted by Gasteiger charge is -2.05. The van der Waals surface area contributed by atoms with E-state index in [4.69, 9.17) is 15.2 Å². The van der Waals surface area contributed by atoms with E-state index in [2.05, 4.69) is 17.0 Å². The molecule has 0 saturated carbocycles. The highest BCUT2D eigenvalue weighted by molar-refractivity contribution is 7.15. The summed E-state index contributed by atoms with van der Waals surface area (Å²) in [5.74, 6) is 1.28. The maximum atomic E-state index is 12.8. The normalized spacial score (nSPS) is 11.7. The van der Waals surface area contributed by atoms with Gasteiger partial charge in [0.1, 0.15) is 11.5 Å². The summed E-state index contributed by atoms with van der Waals surface area (Å²) in [6.45, 7) is 2.63. The van der Waals surface area contributed by atoms with Crippen molar-refractivity contribution in [3.8, 4) is 22.9 Å². The summed E-state index contributed by atoms with van der Waals surface area (Å²) in [5, 5.41) is 4.38. The lowest BCUT2D eigenvalue weighted by molar-refractivity contribution is -0.119. The molecule has 0 saturated heterocycles. The molecule has 8 nitrogen and oxygen atoms in total. The van der Waals surface area contributed by atoms with Crippen LogP contribution in [0.2, 0.25) is 0 Å². The highest BCUT2D eigenvalue weighted by Gasteiger charge is 2.12. The maximum absolute atomic E-state index is 12.8. The van der Waals surface area contributed by atoms with E-state index in [-0.39, 0.29) is 12.2 Å². The maximum Gasteiger partial charge on any atom is 0.291 e. The standard InChI is InChI=1S/C23H22N4O4S/c1-2-3-12-30-17-10-6-16(7-11-17)21-25-23-27(26-21)22(29)19(32-23)13-15-4-8-18(9-5-15)31-14-20(24)28/h4-11,13H,2-3,12,14H2,1H3,(H2,24,28)/b19-13-. The number of carbonyl (C=O) groups is 1. The third-order valence-corrected chi connectivity index (χ3v) is 5.58. The Morgan fingerprint density at radius 1 is 1.09 bits per heavy atom. The Morgan fingerprint density at radius 2 is 1.78 bits per heavy atom. The van der Waals surface area contributed by atoms with Crippen molar-refractivity contribution in [2.75, 3.05) is 13.2 Å². The van der Waals surface area contributed by atoms with E-state index < -0.39 is 5.91 Å². The van der Waals surface area contributed by atoms with Gasteiger partial charge >= 0.3 is 0 Å². The molecule has 0 fully saturated rings. The average Bonchev–Trinajstić information content (AvgIpc) is 3.33. The minimum absolute atomic E-state index is 0.182. The largest absolute Gasteiger partial charge is 0.494 e. The fourth-order valence-corrected chi connectivity index (χ4v) is 3.86. The van der Waals surface area contributed by atoms with Crippen LogP contribution in [0.4, 0.5) is 0 Å². The van der Waals surface area contributed by atoms with Crippen LogP contribution in [0.5, 0.6) is 11.5 Å². The third-order valence-electron chi connectivity index (χ3n) is 4.62. The van der Waals surface area contributed by atoms with Gasteiger partial charge in [-0.1, -0.05) is 36.8 Å². The molecule has 2 N–H and O–H groups in total. The number of hydrogen-bond acceptors (Lipinski definition) is 7. The van der Waals surface area contributed by atoms with Crippen LogP contribution in [-0.4, -0.2) is 33.7 Å². The average molecular weight is 451 g/mol. The molecular weight excluding hydrogens is 428 g/mol. The number of primary amides is 1. The van der Waals surface area contributed by atoms with Crippen molar-refractivity contribution in [2.24, 2.45) is 5.73 Å². The molecule has 4 aromatic rings. The first kappa shape index (κ1) is 21.5. The summed E-state index contributed by atoms with van der Waals surface area (Å²) in [6, 6.07) is 14.6. The Kier molecular flexibility index (Phi) is 6.46. The summed E-state index contributed by atoms with van der Waals surface area (Å²) < 4.78 is 12.8. The zero-order valence-electron chi connectivity index (χ0n) is 17.5. The fraction of sp³-hybridized carbons (Fsp3) is 0.217. The van der Waals surface area contributed by atoms with E-state index in [1.54, 1.807) is 30.3 Å². The quantitative estimate of drug-likeness (QED) is 0.392. The van der Waals surface area contributed by atoms with E-state index in [1.807, 2.05) is 24.3 Å². The van der Waals surface area contributed by atoms with E-state index >= 15 is 0 Å². The van der Waals surface area contributed by atoms with Crippen LogP contribution in [0.3, 0.4) is 0 Å². The first-order valence-electron chi connectivity index (χ1n) is 10.2. The number of hydrogen-bond donors (Lipinski definition) is 1. The molecule has 0 unspecified atom stereocenters. The van der Waals surface area contributed by atoms with Crippen LogP contribution in [0.15, 0.2) is 53.3 Å². The SMILES string of the molecule is CCCCOc1ccc(-c2nc3s/c(=C\c4ccc(OCC(N)=O)cc4)c(=O)n3n2)cc1. The molecule has 9 heteroatoms. The van der Waals surface area contributed by atoms with Crippen LogP contribution >= 0.6 is 11.3 Å². The van der Waals surface area contributed by atoms with Gasteiger partial charge in [0, 0.05) is 5.56 Å². The van der Waals surface area contributed by atoms with Crippen molar-refractivity contribution in [1.29, 1.82) is 0 Å². The van der Waals surface area contributed by atoms with Gasteiger partial charge in [-0.15, -0.1) is 5.10 Å². The predicted molar refractivity (Wildman–Crippen MR) is 123 cm³/mol. The van der Waals surface area contributed by atoms with Gasteiger partial charge < -0.3 is 15.2 Å². The number of carbonyl (C=O) groups excluding carboxylic acids is 1. The fourth-order valence-electron chi connectivity index (χ4n) is 2.96. The molecule has 4 rings (SSSR count). The Bertz CT molecular complexity index is 1330. The molecule has 32 heavy (non-hydrogen) atoms. The molecule has 1 amide bonds. The summed E-state index contributed by atoms with van der Waals surface area (Å²) in [5.41, 5.74) is 6.48. The van der Waals surface area contributed by atoms with Crippen LogP contribution in [0, 0.1) is 0 Å². The summed E-state index contributed by atoms with van der Waals surface area (Å²) in [4.78, 5) is 28.6. The lowest BCUT2D eigenvalue weighted by atomic mass is 10.2. The molecule has 0 radical (unpaired) electrons. The minimum atomic E-state index is -0.540. The number of thiazole rings is 1. The molecule has 2 aromatic carbocycles. The van der Waals surface area contributed by atoms with Crippen LogP contribution in [0.25, 0.3) is 22.4 Å². The second kappa shape index (κ2) is 9.61. The molecule has 2 aromatic heterocycles. The van der Waals surface area contributed by atoms with Crippen LogP contribution in [-0.2, 0) is 4.79 Å². The van der Waals surface area contributed by atoms with Gasteiger partial charge in [0.05, 0.1) is 11.1 Å². The van der Waals surface area contributed by atoms with Crippen molar-refractivity contribution in [2.45, 2.75) is 19.8 Å². The molecule has 0 aliphatic rings. The number of aromatic nitrogens is 3. The molecule has 0 bridgehead atoms. The molecule has 0 aliphatic heterocycles. The smallest absolute Gasteiger partial charge is 0.291 e. The van der Waals surface area contributed by atoms with Gasteiger partial charge in [-0.25, -0.2) is 0 Å². The van der Waals surface area contributed by atoms with Crippen LogP contribution < -0.4 is 25.3 Å². The number of nitrogens with zero attached hydrogens (tertiary/aromatic N) is 3. The van der Waals surface area contributed by atoms with E-state index in [0.29, 0.717) is 27.7 Å². The predicted octanol–water partition coefficient (Wildman–Crippen LogP) is 2.41. The van der Waals surface area contributed by atoms with Gasteiger partial charge in [-0.3, -0.25) is 9.59 Å². The highest BCUT2D eigenvalue weighted by Crippen LogP contribution is 2.21. The van der Waals surface area contributed by atoms with Gasteiger partial charge in [-0.2, -0.15) is 9.50 Å². The molecule has 0 aliphatic carbocycles. The van der Waals surface area contributed by atoms with E-state index in [9.17, 15) is 9.59 Å². The van der Waals surface area contributed by atoms with Gasteiger partial charge in [0.2, 0.25) is 4.96 Å². The monoisotopic (exact) mass is 450 g/mol. The second-order valence-corrected chi connectivity index (χ2v) is 8.11. The number of nitrogens with two attached hydrogens (primary N) is 1. The third kappa shape index (κ3) is 4.94. The number of unbranched alkanes of at least 4 members (excludes halogenated alkanes) is 1. The molecule has 2 heterocycles. The lowest BCUT2D eigenvalue weighted by Crippen LogP contribution is -2.23. The Morgan fingerprint density at radius 3 is 2.44 bits per heavy atom. The van der Waals surface area contributed by atoms with Gasteiger partial charge in [0.25, 0.3) is 11.5 Å². The number of benzene rings is 2. The number of rotatable bonds is 9. The summed E-state index contributed by atoms with van der Waals surface area (Å²) in [6.07, 6.45) is 3.86. The Hall–Kier alpha value is -3.72. The summed E-state index contributed by atoms with van der Waals surface area (Å²) >= 11 is 1.27. The van der Waals surface area contributed by atoms with Crippen LogP contribution in [0.1, 0.15) is 25.3 Å². The van der Waals surface area contributed by atoms with Crippen molar-refractivity contribution in [1.82, 2.24) is 14.6 Å². The minimum Gasteiger partial charge on any atom is -0.494 e. The zero-order valence-corrected chi connectivity index (χ0v) is 18.3. The van der Waals surface area contributed by atoms with Gasteiger partial charge in [0.15, 0.2) is 12.4 Å². The summed E-state index contributed by atoms with van der Waals surface area (Å²) in [7, 11) is 0. The molecular formula is C23H22N4O4S. The topological polar surface area (TPSA) is 109 Å². The molecule has 0 atom stereocenters. The van der Waals surface area contributed by atoms with Crippen molar-refractivity contribution < 1.29 is 14.3 Å². The van der Waals surface area contributed by atoms with Gasteiger partial charge in [-0.05, 0) is 54.5 Å². The van der Waals surface area contributed by atoms with Crippen molar-refractivity contribution >= 4 is 28.3 Å². The van der Waals surface area contributed by atoms with Crippen molar-refractivity contribution in [3.63, 3.8) is 0 Å². The highest BCUT2D eigenvalue weighted by atomic mass is 32.1. The molecule has 164 valence electrons. The second-order valence-electron chi connectivity index (χ2n) is 7.10. The first-order chi connectivity index (χ1) is 15.5. The number of fused-ring (bicyclic) bond motifs is 1. The van der Waals surface area contributed by atoms with Crippen molar-refractivity contribution in [3.05, 3.63) is 69.0 Å². The number of ether oxygens (including phenoxy) is 2. The Balaban J connectivity index is 1.53. The van der Waals surface area contributed by atoms with E-state index in [1.165, 1.54) is 15.9 Å². The molecule has 0 spiro atoms. The first-order valence-corrected chi connectivity index (χ1v) is 11.0.